The molecule has 1 unspecified atom stereocenters. The van der Waals surface area contributed by atoms with Gasteiger partial charge in [0.25, 0.3) is 0 Å². The second-order valence-electron chi connectivity index (χ2n) is 5.04. The number of rotatable bonds is 3. The molecule has 0 spiro atoms. The van der Waals surface area contributed by atoms with E-state index in [-0.39, 0.29) is 0 Å². The van der Waals surface area contributed by atoms with Crippen molar-refractivity contribution in [3.63, 3.8) is 0 Å². The average Bonchev–Trinajstić information content (AvgIpc) is 2.67. The summed E-state index contributed by atoms with van der Waals surface area (Å²) in [4.78, 5) is 9.68. The Morgan fingerprint density at radius 1 is 1.41 bits per heavy atom. The molecule has 2 heterocycles. The van der Waals surface area contributed by atoms with Crippen molar-refractivity contribution < 1.29 is 0 Å². The summed E-state index contributed by atoms with van der Waals surface area (Å²) in [7, 11) is 4.44. The lowest BCUT2D eigenvalue weighted by Gasteiger charge is -2.25. The summed E-state index contributed by atoms with van der Waals surface area (Å²) in [5, 5.41) is 3.53. The zero-order valence-electron chi connectivity index (χ0n) is 11.1. The van der Waals surface area contributed by atoms with E-state index >= 15 is 0 Å². The maximum absolute atomic E-state index is 4.80. The van der Waals surface area contributed by atoms with Crippen molar-refractivity contribution in [2.45, 2.75) is 32.2 Å². The Kier molecular flexibility index (Phi) is 4.54. The van der Waals surface area contributed by atoms with Gasteiger partial charge in [-0.05, 0) is 40.0 Å². The van der Waals surface area contributed by atoms with Crippen LogP contribution in [0.1, 0.15) is 36.5 Å². The number of thiazole rings is 1. The average molecular weight is 253 g/mol. The van der Waals surface area contributed by atoms with Crippen LogP contribution in [0.5, 0.6) is 0 Å². The minimum Gasteiger partial charge on any atom is -0.304 e. The SMILES string of the molecule is CCCc1csc(C2CN(C)CCCN2C)n1. The minimum atomic E-state index is 0.484. The first-order valence-electron chi connectivity index (χ1n) is 6.53. The van der Waals surface area contributed by atoms with Gasteiger partial charge in [-0.1, -0.05) is 13.3 Å². The van der Waals surface area contributed by atoms with Gasteiger partial charge in [0, 0.05) is 11.9 Å². The topological polar surface area (TPSA) is 19.4 Å². The number of hydrogen-bond donors (Lipinski definition) is 0. The summed E-state index contributed by atoms with van der Waals surface area (Å²) in [6, 6.07) is 0.484. The largest absolute Gasteiger partial charge is 0.304 e. The van der Waals surface area contributed by atoms with Gasteiger partial charge >= 0.3 is 0 Å². The molecule has 1 saturated heterocycles. The fourth-order valence-electron chi connectivity index (χ4n) is 2.39. The van der Waals surface area contributed by atoms with Crippen LogP contribution in [0.2, 0.25) is 0 Å². The maximum Gasteiger partial charge on any atom is 0.111 e. The van der Waals surface area contributed by atoms with E-state index in [1.165, 1.54) is 36.6 Å². The standard InChI is InChI=1S/C13H23N3S/c1-4-6-11-10-17-13(14-11)12-9-15(2)7-5-8-16(12)3/h10,12H,4-9H2,1-3H3. The summed E-state index contributed by atoms with van der Waals surface area (Å²) < 4.78 is 0. The quantitative estimate of drug-likeness (QED) is 0.824. The molecule has 1 atom stereocenters. The second kappa shape index (κ2) is 5.94. The molecule has 1 fully saturated rings. The fourth-order valence-corrected chi connectivity index (χ4v) is 3.39. The third-order valence-corrected chi connectivity index (χ3v) is 4.42. The summed E-state index contributed by atoms with van der Waals surface area (Å²) in [5.74, 6) is 0. The molecular weight excluding hydrogens is 230 g/mol. The molecule has 1 aromatic rings. The molecule has 2 rings (SSSR count). The number of nitrogens with zero attached hydrogens (tertiary/aromatic N) is 3. The Bertz CT molecular complexity index is 350. The third-order valence-electron chi connectivity index (χ3n) is 3.43. The highest BCUT2D eigenvalue weighted by Crippen LogP contribution is 2.26. The van der Waals surface area contributed by atoms with Crippen molar-refractivity contribution in [1.29, 1.82) is 0 Å². The molecular formula is C13H23N3S. The highest BCUT2D eigenvalue weighted by Gasteiger charge is 2.24. The van der Waals surface area contributed by atoms with E-state index in [4.69, 9.17) is 4.98 Å². The monoisotopic (exact) mass is 253 g/mol. The zero-order valence-corrected chi connectivity index (χ0v) is 12.0. The Labute approximate surface area is 108 Å². The molecule has 0 amide bonds. The number of likely N-dealkylation sites (N-methyl/N-ethyl adjacent to an activating group) is 2. The normalized spacial score (nSPS) is 23.8. The van der Waals surface area contributed by atoms with E-state index in [1.54, 1.807) is 0 Å². The molecule has 0 radical (unpaired) electrons. The smallest absolute Gasteiger partial charge is 0.111 e. The highest BCUT2D eigenvalue weighted by molar-refractivity contribution is 7.09. The fraction of sp³-hybridized carbons (Fsp3) is 0.769. The Morgan fingerprint density at radius 2 is 2.24 bits per heavy atom. The lowest BCUT2D eigenvalue weighted by Crippen LogP contribution is -2.30. The van der Waals surface area contributed by atoms with Crippen molar-refractivity contribution in [1.82, 2.24) is 14.8 Å². The molecule has 17 heavy (non-hydrogen) atoms. The van der Waals surface area contributed by atoms with E-state index in [0.717, 1.165) is 13.0 Å². The van der Waals surface area contributed by atoms with Crippen molar-refractivity contribution in [2.24, 2.45) is 0 Å². The second-order valence-corrected chi connectivity index (χ2v) is 5.93. The van der Waals surface area contributed by atoms with Crippen LogP contribution in [0.15, 0.2) is 5.38 Å². The van der Waals surface area contributed by atoms with Gasteiger partial charge in [0.2, 0.25) is 0 Å². The van der Waals surface area contributed by atoms with Crippen LogP contribution < -0.4 is 0 Å². The Hall–Kier alpha value is -0.450. The van der Waals surface area contributed by atoms with E-state index in [2.05, 4.69) is 36.2 Å². The van der Waals surface area contributed by atoms with Gasteiger partial charge in [-0.2, -0.15) is 0 Å². The number of hydrogen-bond acceptors (Lipinski definition) is 4. The molecule has 3 nitrogen and oxygen atoms in total. The number of aryl methyl sites for hydroxylation is 1. The van der Waals surface area contributed by atoms with Crippen molar-refractivity contribution in [2.75, 3.05) is 33.7 Å². The van der Waals surface area contributed by atoms with E-state index in [9.17, 15) is 0 Å². The van der Waals surface area contributed by atoms with E-state index < -0.39 is 0 Å². The van der Waals surface area contributed by atoms with Gasteiger partial charge in [-0.3, -0.25) is 4.90 Å². The van der Waals surface area contributed by atoms with Crippen LogP contribution in [-0.2, 0) is 6.42 Å². The van der Waals surface area contributed by atoms with Gasteiger partial charge < -0.3 is 4.90 Å². The van der Waals surface area contributed by atoms with E-state index in [1.807, 2.05) is 11.3 Å². The first-order chi connectivity index (χ1) is 8.20. The predicted octanol–water partition coefficient (Wildman–Crippen LogP) is 2.40. The molecule has 0 bridgehead atoms. The van der Waals surface area contributed by atoms with Gasteiger partial charge in [0.15, 0.2) is 0 Å². The predicted molar refractivity (Wildman–Crippen MR) is 73.6 cm³/mol. The third kappa shape index (κ3) is 3.27. The van der Waals surface area contributed by atoms with E-state index in [0.29, 0.717) is 6.04 Å². The summed E-state index contributed by atoms with van der Waals surface area (Å²) in [6.07, 6.45) is 3.56. The van der Waals surface area contributed by atoms with Crippen LogP contribution in [0.3, 0.4) is 0 Å². The summed E-state index contributed by atoms with van der Waals surface area (Å²) in [6.45, 7) is 5.70. The van der Waals surface area contributed by atoms with Crippen LogP contribution in [0, 0.1) is 0 Å². The van der Waals surface area contributed by atoms with Gasteiger partial charge in [0.05, 0.1) is 11.7 Å². The highest BCUT2D eigenvalue weighted by atomic mass is 32.1. The molecule has 1 aromatic heterocycles. The maximum atomic E-state index is 4.80. The van der Waals surface area contributed by atoms with Gasteiger partial charge in [0.1, 0.15) is 5.01 Å². The number of aromatic nitrogens is 1. The first-order valence-corrected chi connectivity index (χ1v) is 7.41. The minimum absolute atomic E-state index is 0.484. The van der Waals surface area contributed by atoms with Gasteiger partial charge in [-0.25, -0.2) is 4.98 Å². The molecule has 0 aromatic carbocycles. The molecule has 0 N–H and O–H groups in total. The van der Waals surface area contributed by atoms with Crippen LogP contribution in [0.25, 0.3) is 0 Å². The molecule has 4 heteroatoms. The Balaban J connectivity index is 2.11. The van der Waals surface area contributed by atoms with Crippen LogP contribution in [0.4, 0.5) is 0 Å². The van der Waals surface area contributed by atoms with Gasteiger partial charge in [-0.15, -0.1) is 11.3 Å². The molecule has 1 aliphatic heterocycles. The lowest BCUT2D eigenvalue weighted by molar-refractivity contribution is 0.228. The van der Waals surface area contributed by atoms with Crippen molar-refractivity contribution in [3.05, 3.63) is 16.1 Å². The van der Waals surface area contributed by atoms with Crippen LogP contribution in [-0.4, -0.2) is 48.5 Å². The molecule has 96 valence electrons. The Morgan fingerprint density at radius 3 is 3.00 bits per heavy atom. The lowest BCUT2D eigenvalue weighted by atomic mass is 10.2. The van der Waals surface area contributed by atoms with Crippen molar-refractivity contribution in [3.8, 4) is 0 Å². The summed E-state index contributed by atoms with van der Waals surface area (Å²) in [5.41, 5.74) is 1.27. The van der Waals surface area contributed by atoms with Crippen molar-refractivity contribution >= 4 is 11.3 Å². The molecule has 1 aliphatic rings. The first kappa shape index (κ1) is 13.0. The molecule has 0 saturated carbocycles. The summed E-state index contributed by atoms with van der Waals surface area (Å²) >= 11 is 1.83. The van der Waals surface area contributed by atoms with Crippen LogP contribution >= 0.6 is 11.3 Å². The molecule has 0 aliphatic carbocycles. The zero-order chi connectivity index (χ0) is 12.3.